The molecule has 0 unspecified atom stereocenters. The first kappa shape index (κ1) is 21.6. The van der Waals surface area contributed by atoms with Crippen molar-refractivity contribution in [3.05, 3.63) is 47.8 Å². The fourth-order valence-corrected chi connectivity index (χ4v) is 3.71. The molecule has 32 heavy (non-hydrogen) atoms. The van der Waals surface area contributed by atoms with Crippen LogP contribution >= 0.6 is 0 Å². The number of likely N-dealkylation sites (tertiary alicyclic amines) is 1. The molecule has 9 nitrogen and oxygen atoms in total. The molecule has 0 bridgehead atoms. The van der Waals surface area contributed by atoms with E-state index in [0.717, 1.165) is 25.6 Å². The monoisotopic (exact) mass is 447 g/mol. The Kier molecular flexibility index (Phi) is 5.46. The lowest BCUT2D eigenvalue weighted by Gasteiger charge is -2.18. The van der Waals surface area contributed by atoms with Gasteiger partial charge in [0, 0.05) is 11.9 Å². The van der Waals surface area contributed by atoms with Gasteiger partial charge < -0.3 is 21.7 Å². The van der Waals surface area contributed by atoms with Crippen molar-refractivity contribution in [3.63, 3.8) is 0 Å². The first-order valence-electron chi connectivity index (χ1n) is 9.77. The molecule has 2 aliphatic rings. The van der Waals surface area contributed by atoms with Gasteiger partial charge in [0.25, 0.3) is 5.91 Å². The quantitative estimate of drug-likeness (QED) is 0.530. The Morgan fingerprint density at radius 3 is 2.62 bits per heavy atom. The SMILES string of the molecule is CN1CCC[C@H]1C(=O)Nc1ccc2c(c1)N/C(=C(/C(N)=O)c1nccc(C(F)(F)F)n1)N2. The average molecular weight is 447 g/mol. The average Bonchev–Trinajstić information content (AvgIpc) is 3.33. The number of benzene rings is 1. The van der Waals surface area contributed by atoms with E-state index in [-0.39, 0.29) is 23.3 Å². The van der Waals surface area contributed by atoms with Gasteiger partial charge in [0.15, 0.2) is 5.82 Å². The van der Waals surface area contributed by atoms with Gasteiger partial charge in [-0.2, -0.15) is 13.2 Å². The number of carbonyl (C=O) groups is 2. The van der Waals surface area contributed by atoms with Crippen LogP contribution in [-0.2, 0) is 15.8 Å². The molecule has 12 heteroatoms. The number of likely N-dealkylation sites (N-methyl/N-ethyl adjacent to an activating group) is 1. The van der Waals surface area contributed by atoms with Crippen LogP contribution in [0.2, 0.25) is 0 Å². The highest BCUT2D eigenvalue weighted by atomic mass is 19.4. The number of carbonyl (C=O) groups excluding carboxylic acids is 2. The highest BCUT2D eigenvalue weighted by Crippen LogP contribution is 2.36. The van der Waals surface area contributed by atoms with Crippen molar-refractivity contribution in [3.8, 4) is 0 Å². The van der Waals surface area contributed by atoms with Crippen LogP contribution in [0.4, 0.5) is 30.2 Å². The van der Waals surface area contributed by atoms with Crippen LogP contribution in [-0.4, -0.2) is 46.3 Å². The molecule has 5 N–H and O–H groups in total. The number of hydrogen-bond acceptors (Lipinski definition) is 7. The van der Waals surface area contributed by atoms with Crippen molar-refractivity contribution >= 4 is 34.4 Å². The molecule has 4 rings (SSSR count). The first-order valence-corrected chi connectivity index (χ1v) is 9.77. The third-order valence-electron chi connectivity index (χ3n) is 5.30. The largest absolute Gasteiger partial charge is 0.433 e. The van der Waals surface area contributed by atoms with Crippen LogP contribution in [0.1, 0.15) is 24.4 Å². The third-order valence-corrected chi connectivity index (χ3v) is 5.30. The number of hydrogen-bond donors (Lipinski definition) is 4. The van der Waals surface area contributed by atoms with Crippen molar-refractivity contribution in [2.45, 2.75) is 25.1 Å². The van der Waals surface area contributed by atoms with Crippen molar-refractivity contribution in [2.24, 2.45) is 5.73 Å². The summed E-state index contributed by atoms with van der Waals surface area (Å²) in [5.41, 5.74) is 5.47. The molecule has 1 aromatic heterocycles. The number of rotatable bonds is 4. The van der Waals surface area contributed by atoms with E-state index in [1.807, 2.05) is 11.9 Å². The number of alkyl halides is 3. The minimum absolute atomic E-state index is 0.0471. The Balaban J connectivity index is 1.60. The summed E-state index contributed by atoms with van der Waals surface area (Å²) in [6.45, 7) is 0.857. The minimum atomic E-state index is -4.70. The van der Waals surface area contributed by atoms with E-state index >= 15 is 0 Å². The van der Waals surface area contributed by atoms with Crippen LogP contribution in [0.3, 0.4) is 0 Å². The molecule has 0 radical (unpaired) electrons. The lowest BCUT2D eigenvalue weighted by molar-refractivity contribution is -0.141. The highest BCUT2D eigenvalue weighted by molar-refractivity contribution is 6.20. The van der Waals surface area contributed by atoms with Gasteiger partial charge in [-0.25, -0.2) is 9.97 Å². The predicted molar refractivity (Wildman–Crippen MR) is 111 cm³/mol. The maximum absolute atomic E-state index is 13.0. The van der Waals surface area contributed by atoms with E-state index in [9.17, 15) is 22.8 Å². The number of halogens is 3. The van der Waals surface area contributed by atoms with Crippen molar-refractivity contribution < 1.29 is 22.8 Å². The van der Waals surface area contributed by atoms with Crippen LogP contribution in [0.25, 0.3) is 5.57 Å². The Morgan fingerprint density at radius 2 is 1.97 bits per heavy atom. The first-order chi connectivity index (χ1) is 15.1. The number of anilines is 3. The zero-order chi connectivity index (χ0) is 23.0. The molecular weight excluding hydrogens is 427 g/mol. The van der Waals surface area contributed by atoms with E-state index in [4.69, 9.17) is 5.73 Å². The summed E-state index contributed by atoms with van der Waals surface area (Å²) in [7, 11) is 1.89. The number of primary amides is 1. The Bertz CT molecular complexity index is 1120. The van der Waals surface area contributed by atoms with Gasteiger partial charge in [-0.1, -0.05) is 0 Å². The number of nitrogens with zero attached hydrogens (tertiary/aromatic N) is 3. The topological polar surface area (TPSA) is 125 Å². The molecule has 168 valence electrons. The molecule has 1 saturated heterocycles. The second kappa shape index (κ2) is 8.11. The summed E-state index contributed by atoms with van der Waals surface area (Å²) in [6.07, 6.45) is -2.07. The molecule has 1 fully saturated rings. The smallest absolute Gasteiger partial charge is 0.365 e. The van der Waals surface area contributed by atoms with Crippen LogP contribution < -0.4 is 21.7 Å². The number of amides is 2. The van der Waals surface area contributed by atoms with Gasteiger partial charge in [0.2, 0.25) is 5.91 Å². The summed E-state index contributed by atoms with van der Waals surface area (Å²) in [4.78, 5) is 33.8. The maximum Gasteiger partial charge on any atom is 0.433 e. The normalized spacial score (nSPS) is 19.7. The molecule has 0 aliphatic carbocycles. The van der Waals surface area contributed by atoms with E-state index in [1.165, 1.54) is 0 Å². The van der Waals surface area contributed by atoms with Crippen LogP contribution in [0.15, 0.2) is 36.3 Å². The zero-order valence-corrected chi connectivity index (χ0v) is 17.0. The van der Waals surface area contributed by atoms with Gasteiger partial charge in [-0.15, -0.1) is 0 Å². The fourth-order valence-electron chi connectivity index (χ4n) is 3.71. The number of nitrogens with two attached hydrogens (primary N) is 1. The maximum atomic E-state index is 13.0. The second-order valence-corrected chi connectivity index (χ2v) is 7.52. The standard InChI is InChI=1S/C20H20F3N7O2/c1-30-8-2-3-13(30)19(32)26-10-4-5-11-12(9-10)28-18(27-11)15(16(24)31)17-25-7-6-14(29-17)20(21,22)23/h4-7,9,13,27-28H,2-3,8H2,1H3,(H2,24,31)(H,26,32)/b18-15-/t13-/m0/s1. The van der Waals surface area contributed by atoms with Crippen LogP contribution in [0, 0.1) is 0 Å². The molecule has 0 saturated carbocycles. The molecule has 2 amide bonds. The number of aromatic nitrogens is 2. The molecule has 3 heterocycles. The third kappa shape index (κ3) is 4.21. The van der Waals surface area contributed by atoms with E-state index in [2.05, 4.69) is 25.9 Å². The Morgan fingerprint density at radius 1 is 1.22 bits per heavy atom. The Labute approximate surface area is 180 Å². The zero-order valence-electron chi connectivity index (χ0n) is 17.0. The van der Waals surface area contributed by atoms with Gasteiger partial charge in [-0.05, 0) is 50.7 Å². The molecule has 2 aromatic rings. The van der Waals surface area contributed by atoms with Crippen molar-refractivity contribution in [1.29, 1.82) is 0 Å². The predicted octanol–water partition coefficient (Wildman–Crippen LogP) is 2.22. The number of nitrogens with one attached hydrogen (secondary N) is 3. The molecule has 2 aliphatic heterocycles. The second-order valence-electron chi connectivity index (χ2n) is 7.52. The number of fused-ring (bicyclic) bond motifs is 1. The van der Waals surface area contributed by atoms with Gasteiger partial charge in [-0.3, -0.25) is 14.5 Å². The van der Waals surface area contributed by atoms with E-state index in [1.54, 1.807) is 18.2 Å². The molecular formula is C20H20F3N7O2. The summed E-state index contributed by atoms with van der Waals surface area (Å²) in [6, 6.07) is 5.48. The van der Waals surface area contributed by atoms with E-state index < -0.39 is 23.6 Å². The summed E-state index contributed by atoms with van der Waals surface area (Å²) in [5, 5.41) is 8.67. The lowest BCUT2D eigenvalue weighted by Crippen LogP contribution is -2.37. The fraction of sp³-hybridized carbons (Fsp3) is 0.300. The van der Waals surface area contributed by atoms with Crippen molar-refractivity contribution in [2.75, 3.05) is 29.5 Å². The molecule has 1 atom stereocenters. The molecule has 0 spiro atoms. The molecule has 1 aromatic carbocycles. The summed E-state index contributed by atoms with van der Waals surface area (Å²) < 4.78 is 39.1. The van der Waals surface area contributed by atoms with Crippen LogP contribution in [0.5, 0.6) is 0 Å². The lowest BCUT2D eigenvalue weighted by atomic mass is 10.2. The van der Waals surface area contributed by atoms with Gasteiger partial charge in [0.05, 0.1) is 17.4 Å². The summed E-state index contributed by atoms with van der Waals surface area (Å²) in [5.74, 6) is -1.55. The van der Waals surface area contributed by atoms with Crippen molar-refractivity contribution in [1.82, 2.24) is 14.9 Å². The van der Waals surface area contributed by atoms with Gasteiger partial charge in [0.1, 0.15) is 17.1 Å². The van der Waals surface area contributed by atoms with E-state index in [0.29, 0.717) is 23.1 Å². The van der Waals surface area contributed by atoms with Gasteiger partial charge >= 0.3 is 6.18 Å². The highest BCUT2D eigenvalue weighted by Gasteiger charge is 2.34. The Hall–Kier alpha value is -3.67. The minimum Gasteiger partial charge on any atom is -0.365 e. The summed E-state index contributed by atoms with van der Waals surface area (Å²) >= 11 is 0.